The topological polar surface area (TPSA) is 122 Å². The van der Waals surface area contributed by atoms with E-state index in [4.69, 9.17) is 9.47 Å². The van der Waals surface area contributed by atoms with Gasteiger partial charge < -0.3 is 14.8 Å². The zero-order chi connectivity index (χ0) is 20.8. The molecule has 11 heteroatoms. The lowest BCUT2D eigenvalue weighted by molar-refractivity contribution is -0.143. The number of rotatable bonds is 8. The molecule has 0 saturated carbocycles. The number of hydrogen-bond donors (Lipinski definition) is 1. The zero-order valence-corrected chi connectivity index (χ0v) is 16.9. The fraction of sp³-hybridized carbons (Fsp3) is 0.471. The lowest BCUT2D eigenvalue weighted by Gasteiger charge is -2.14. The van der Waals surface area contributed by atoms with E-state index in [1.165, 1.54) is 32.0 Å². The van der Waals surface area contributed by atoms with Crippen molar-refractivity contribution in [1.82, 2.24) is 19.4 Å². The van der Waals surface area contributed by atoms with Gasteiger partial charge in [-0.25, -0.2) is 9.78 Å². The number of methoxy groups -OCH3 is 1. The van der Waals surface area contributed by atoms with Crippen molar-refractivity contribution >= 4 is 34.7 Å². The van der Waals surface area contributed by atoms with E-state index in [1.54, 1.807) is 6.92 Å². The number of nitrogens with zero attached hydrogens (tertiary/aromatic N) is 3. The number of carbonyl (C=O) groups excluding carboxylic acids is 2. The first-order chi connectivity index (χ1) is 13.3. The van der Waals surface area contributed by atoms with Crippen LogP contribution >= 0.6 is 11.8 Å². The quantitative estimate of drug-likeness (QED) is 0.459. The van der Waals surface area contributed by atoms with E-state index in [0.717, 1.165) is 16.3 Å². The number of amides is 1. The molecule has 0 radical (unpaired) electrons. The Kier molecular flexibility index (Phi) is 7.35. The van der Waals surface area contributed by atoms with Gasteiger partial charge in [0, 0.05) is 37.9 Å². The second kappa shape index (κ2) is 9.51. The summed E-state index contributed by atoms with van der Waals surface area (Å²) in [5.74, 6) is -0.964. The summed E-state index contributed by atoms with van der Waals surface area (Å²) in [6, 6.07) is 0. The van der Waals surface area contributed by atoms with Crippen LogP contribution in [-0.2, 0) is 39.8 Å². The summed E-state index contributed by atoms with van der Waals surface area (Å²) < 4.78 is 12.2. The lowest BCUT2D eigenvalue weighted by Crippen LogP contribution is -2.37. The molecule has 0 aliphatic carbocycles. The van der Waals surface area contributed by atoms with E-state index < -0.39 is 23.1 Å². The lowest BCUT2D eigenvalue weighted by atomic mass is 10.2. The number of fused-ring (bicyclic) bond motifs is 1. The Balaban J connectivity index is 2.37. The predicted octanol–water partition coefficient (Wildman–Crippen LogP) is -0.450. The van der Waals surface area contributed by atoms with E-state index >= 15 is 0 Å². The highest BCUT2D eigenvalue weighted by atomic mass is 32.2. The van der Waals surface area contributed by atoms with Gasteiger partial charge in [0.1, 0.15) is 12.2 Å². The van der Waals surface area contributed by atoms with Crippen molar-refractivity contribution in [1.29, 1.82) is 0 Å². The molecule has 0 unspecified atom stereocenters. The average molecular weight is 410 g/mol. The van der Waals surface area contributed by atoms with E-state index in [-0.39, 0.29) is 36.5 Å². The Morgan fingerprint density at radius 2 is 1.96 bits per heavy atom. The largest absolute Gasteiger partial charge is 0.465 e. The standard InChI is InChI=1S/C17H22N4O6S/c1-5-27-12(23)7-18-11(22)9-28-14-10(8-26-4)6-19-15-13(14)16(24)21(3)17(25)20(15)2/h6H,5,7-9H2,1-4H3,(H,18,22). The molecule has 0 saturated heterocycles. The van der Waals surface area contributed by atoms with Gasteiger partial charge in [0.25, 0.3) is 5.56 Å². The second-order valence-corrected chi connectivity index (χ2v) is 6.81. The number of nitrogens with one attached hydrogen (secondary N) is 1. The van der Waals surface area contributed by atoms with E-state index in [1.807, 2.05) is 0 Å². The van der Waals surface area contributed by atoms with Gasteiger partial charge in [-0.1, -0.05) is 0 Å². The molecule has 152 valence electrons. The van der Waals surface area contributed by atoms with Crippen LogP contribution in [0.5, 0.6) is 0 Å². The van der Waals surface area contributed by atoms with E-state index in [9.17, 15) is 19.2 Å². The smallest absolute Gasteiger partial charge is 0.332 e. The van der Waals surface area contributed by atoms with Gasteiger partial charge in [-0.2, -0.15) is 0 Å². The van der Waals surface area contributed by atoms with Gasteiger partial charge in [0.05, 0.1) is 24.4 Å². The molecule has 0 aliphatic heterocycles. The SMILES string of the molecule is CCOC(=O)CNC(=O)CSc1c(COC)cnc2c1c(=O)n(C)c(=O)n2C. The maximum atomic E-state index is 12.7. The van der Waals surface area contributed by atoms with Crippen molar-refractivity contribution in [3.05, 3.63) is 32.6 Å². The molecule has 1 amide bonds. The van der Waals surface area contributed by atoms with Crippen molar-refractivity contribution in [2.24, 2.45) is 14.1 Å². The number of aryl methyl sites for hydroxylation is 1. The van der Waals surface area contributed by atoms with Crippen molar-refractivity contribution in [3.63, 3.8) is 0 Å². The summed E-state index contributed by atoms with van der Waals surface area (Å²) in [6.07, 6.45) is 1.52. The molecule has 10 nitrogen and oxygen atoms in total. The van der Waals surface area contributed by atoms with Crippen LogP contribution in [0, 0.1) is 0 Å². The third-order valence-electron chi connectivity index (χ3n) is 3.88. The van der Waals surface area contributed by atoms with Gasteiger partial charge in [0.2, 0.25) is 5.91 Å². The van der Waals surface area contributed by atoms with Crippen molar-refractivity contribution in [2.45, 2.75) is 18.4 Å². The predicted molar refractivity (Wildman–Crippen MR) is 103 cm³/mol. The van der Waals surface area contributed by atoms with Crippen molar-refractivity contribution in [2.75, 3.05) is 26.0 Å². The van der Waals surface area contributed by atoms with Crippen molar-refractivity contribution < 1.29 is 19.1 Å². The number of ether oxygens (including phenoxy) is 2. The maximum Gasteiger partial charge on any atom is 0.332 e. The van der Waals surface area contributed by atoms with Gasteiger partial charge in [0.15, 0.2) is 0 Å². The van der Waals surface area contributed by atoms with Crippen LogP contribution in [0.4, 0.5) is 0 Å². The Labute approximate surface area is 164 Å². The molecule has 0 aliphatic rings. The Morgan fingerprint density at radius 3 is 2.61 bits per heavy atom. The Morgan fingerprint density at radius 1 is 1.25 bits per heavy atom. The van der Waals surface area contributed by atoms with E-state index in [0.29, 0.717) is 10.5 Å². The number of aromatic nitrogens is 3. The summed E-state index contributed by atoms with van der Waals surface area (Å²) in [6.45, 7) is 1.86. The average Bonchev–Trinajstić information content (AvgIpc) is 2.68. The molecule has 28 heavy (non-hydrogen) atoms. The summed E-state index contributed by atoms with van der Waals surface area (Å²) in [7, 11) is 4.41. The molecule has 2 rings (SSSR count). The number of hydrogen-bond acceptors (Lipinski definition) is 8. The fourth-order valence-corrected chi connectivity index (χ4v) is 3.53. The fourth-order valence-electron chi connectivity index (χ4n) is 2.54. The Bertz CT molecular complexity index is 1010. The summed E-state index contributed by atoms with van der Waals surface area (Å²) in [5, 5.41) is 2.70. The summed E-state index contributed by atoms with van der Waals surface area (Å²) in [5.41, 5.74) is -0.151. The van der Waals surface area contributed by atoms with Gasteiger partial charge in [-0.3, -0.25) is 23.5 Å². The monoisotopic (exact) mass is 410 g/mol. The first-order valence-electron chi connectivity index (χ1n) is 8.43. The van der Waals surface area contributed by atoms with Gasteiger partial charge in [-0.15, -0.1) is 11.8 Å². The molecule has 2 heterocycles. The van der Waals surface area contributed by atoms with Crippen LogP contribution in [0.1, 0.15) is 12.5 Å². The van der Waals surface area contributed by atoms with E-state index in [2.05, 4.69) is 10.3 Å². The van der Waals surface area contributed by atoms with Crippen LogP contribution in [-0.4, -0.2) is 52.0 Å². The highest BCUT2D eigenvalue weighted by Gasteiger charge is 2.18. The third-order valence-corrected chi connectivity index (χ3v) is 5.04. The molecule has 2 aromatic rings. The summed E-state index contributed by atoms with van der Waals surface area (Å²) >= 11 is 1.11. The van der Waals surface area contributed by atoms with Crippen LogP contribution in [0.3, 0.4) is 0 Å². The molecule has 2 aromatic heterocycles. The number of pyridine rings is 1. The molecule has 0 aromatic carbocycles. The third kappa shape index (κ3) is 4.60. The van der Waals surface area contributed by atoms with Gasteiger partial charge in [-0.05, 0) is 6.92 Å². The minimum absolute atomic E-state index is 0.0404. The maximum absolute atomic E-state index is 12.7. The Hall–Kier alpha value is -2.66. The molecular weight excluding hydrogens is 388 g/mol. The molecule has 0 atom stereocenters. The minimum Gasteiger partial charge on any atom is -0.465 e. The van der Waals surface area contributed by atoms with Crippen LogP contribution < -0.4 is 16.6 Å². The normalized spacial score (nSPS) is 10.9. The molecule has 1 N–H and O–H groups in total. The second-order valence-electron chi connectivity index (χ2n) is 5.82. The first kappa shape index (κ1) is 21.6. The van der Waals surface area contributed by atoms with Crippen LogP contribution in [0.25, 0.3) is 11.0 Å². The summed E-state index contributed by atoms with van der Waals surface area (Å²) in [4.78, 5) is 53.0. The number of carbonyl (C=O) groups is 2. The minimum atomic E-state index is -0.529. The molecule has 0 spiro atoms. The zero-order valence-electron chi connectivity index (χ0n) is 16.1. The van der Waals surface area contributed by atoms with Gasteiger partial charge >= 0.3 is 11.7 Å². The highest BCUT2D eigenvalue weighted by molar-refractivity contribution is 8.00. The van der Waals surface area contributed by atoms with Crippen LogP contribution in [0.15, 0.2) is 20.7 Å². The molecule has 0 fully saturated rings. The highest BCUT2D eigenvalue weighted by Crippen LogP contribution is 2.28. The first-order valence-corrected chi connectivity index (χ1v) is 9.42. The van der Waals surface area contributed by atoms with Crippen molar-refractivity contribution in [3.8, 4) is 0 Å². The van der Waals surface area contributed by atoms with Crippen LogP contribution in [0.2, 0.25) is 0 Å². The molecule has 0 bridgehead atoms. The number of esters is 1. The number of thioether (sulfide) groups is 1. The molecular formula is C17H22N4O6S.